The van der Waals surface area contributed by atoms with Crippen LogP contribution in [0.1, 0.15) is 46.0 Å². The molecule has 0 amide bonds. The molecule has 1 atom stereocenters. The highest BCUT2D eigenvalue weighted by Gasteiger charge is 2.29. The standard InChI is InChI=1S/C18H29NO2/c1-4-21-18(20)17-9-11-19(12-10-17)13-15-5-7-16(8-6-15)14(2)3/h5,16-17H,2,4,6-13H2,1,3H3/p+1/t16-/m1/s1. The van der Waals surface area contributed by atoms with Gasteiger partial charge in [0.2, 0.25) is 0 Å². The van der Waals surface area contributed by atoms with E-state index in [1.807, 2.05) is 6.92 Å². The zero-order valence-electron chi connectivity index (χ0n) is 13.6. The number of hydrogen-bond acceptors (Lipinski definition) is 2. The quantitative estimate of drug-likeness (QED) is 0.622. The summed E-state index contributed by atoms with van der Waals surface area (Å²) in [6, 6.07) is 0. The maximum Gasteiger partial charge on any atom is 0.309 e. The van der Waals surface area contributed by atoms with E-state index < -0.39 is 0 Å². The monoisotopic (exact) mass is 292 g/mol. The minimum atomic E-state index is 0.0118. The van der Waals surface area contributed by atoms with Crippen molar-refractivity contribution >= 4 is 5.97 Å². The molecule has 2 rings (SSSR count). The largest absolute Gasteiger partial charge is 0.466 e. The number of allylic oxidation sites excluding steroid dienone is 2. The van der Waals surface area contributed by atoms with Crippen molar-refractivity contribution in [1.82, 2.24) is 0 Å². The lowest BCUT2D eigenvalue weighted by molar-refractivity contribution is -0.901. The van der Waals surface area contributed by atoms with Crippen molar-refractivity contribution in [3.63, 3.8) is 0 Å². The van der Waals surface area contributed by atoms with Gasteiger partial charge in [0.05, 0.1) is 32.2 Å². The molecule has 21 heavy (non-hydrogen) atoms. The van der Waals surface area contributed by atoms with Gasteiger partial charge < -0.3 is 9.64 Å². The summed E-state index contributed by atoms with van der Waals surface area (Å²) in [5.74, 6) is 0.845. The first-order valence-electron chi connectivity index (χ1n) is 8.43. The van der Waals surface area contributed by atoms with Gasteiger partial charge in [-0.2, -0.15) is 0 Å². The molecule has 3 nitrogen and oxygen atoms in total. The average Bonchev–Trinajstić information content (AvgIpc) is 2.49. The minimum absolute atomic E-state index is 0.0118. The molecule has 0 unspecified atom stereocenters. The molecule has 0 radical (unpaired) electrons. The van der Waals surface area contributed by atoms with Crippen LogP contribution in [-0.2, 0) is 9.53 Å². The van der Waals surface area contributed by atoms with E-state index in [2.05, 4.69) is 19.6 Å². The Morgan fingerprint density at radius 1 is 1.33 bits per heavy atom. The van der Waals surface area contributed by atoms with E-state index in [1.165, 1.54) is 31.4 Å². The Morgan fingerprint density at radius 2 is 2.05 bits per heavy atom. The van der Waals surface area contributed by atoms with Gasteiger partial charge in [-0.25, -0.2) is 0 Å². The highest BCUT2D eigenvalue weighted by atomic mass is 16.5. The maximum absolute atomic E-state index is 11.7. The van der Waals surface area contributed by atoms with Crippen LogP contribution in [0.2, 0.25) is 0 Å². The fourth-order valence-electron chi connectivity index (χ4n) is 3.52. The molecule has 0 aromatic rings. The molecule has 1 heterocycles. The van der Waals surface area contributed by atoms with E-state index in [0.29, 0.717) is 12.5 Å². The van der Waals surface area contributed by atoms with Crippen molar-refractivity contribution in [3.05, 3.63) is 23.8 Å². The summed E-state index contributed by atoms with van der Waals surface area (Å²) in [4.78, 5) is 13.4. The molecule has 0 spiro atoms. The second-order valence-electron chi connectivity index (χ2n) is 6.63. The smallest absolute Gasteiger partial charge is 0.309 e. The zero-order valence-corrected chi connectivity index (χ0v) is 13.6. The Morgan fingerprint density at radius 3 is 2.57 bits per heavy atom. The third-order valence-electron chi connectivity index (χ3n) is 4.99. The van der Waals surface area contributed by atoms with Crippen LogP contribution in [0.5, 0.6) is 0 Å². The zero-order chi connectivity index (χ0) is 15.2. The number of carbonyl (C=O) groups excluding carboxylic acids is 1. The molecule has 118 valence electrons. The number of likely N-dealkylation sites (tertiary alicyclic amines) is 1. The van der Waals surface area contributed by atoms with E-state index in [9.17, 15) is 4.79 Å². The number of nitrogens with one attached hydrogen (secondary N) is 1. The van der Waals surface area contributed by atoms with Crippen molar-refractivity contribution in [2.75, 3.05) is 26.2 Å². The topological polar surface area (TPSA) is 30.7 Å². The van der Waals surface area contributed by atoms with Crippen molar-refractivity contribution in [2.45, 2.75) is 46.0 Å². The van der Waals surface area contributed by atoms with E-state index in [1.54, 1.807) is 10.5 Å². The van der Waals surface area contributed by atoms with Crippen LogP contribution in [0.15, 0.2) is 23.8 Å². The fraction of sp³-hybridized carbons (Fsp3) is 0.722. The van der Waals surface area contributed by atoms with Gasteiger partial charge in [0, 0.05) is 12.8 Å². The summed E-state index contributed by atoms with van der Waals surface area (Å²) in [5, 5.41) is 0. The summed E-state index contributed by atoms with van der Waals surface area (Å²) >= 11 is 0. The van der Waals surface area contributed by atoms with Crippen LogP contribution in [0.4, 0.5) is 0 Å². The first-order valence-corrected chi connectivity index (χ1v) is 8.43. The van der Waals surface area contributed by atoms with Crippen LogP contribution >= 0.6 is 0 Å². The van der Waals surface area contributed by atoms with E-state index >= 15 is 0 Å². The molecule has 0 aromatic heterocycles. The van der Waals surface area contributed by atoms with Crippen molar-refractivity contribution in [1.29, 1.82) is 0 Å². The SMILES string of the molecule is C=C(C)[C@@H]1CC=C(C[NH+]2CCC(C(=O)OCC)CC2)CC1. The van der Waals surface area contributed by atoms with Crippen LogP contribution in [0.25, 0.3) is 0 Å². The Hall–Kier alpha value is -1.09. The number of piperidine rings is 1. The van der Waals surface area contributed by atoms with Gasteiger partial charge in [0.25, 0.3) is 0 Å². The predicted octanol–water partition coefficient (Wildman–Crippen LogP) is 2.15. The van der Waals surface area contributed by atoms with Crippen molar-refractivity contribution in [2.24, 2.45) is 11.8 Å². The van der Waals surface area contributed by atoms with Gasteiger partial charge in [-0.1, -0.05) is 18.2 Å². The van der Waals surface area contributed by atoms with E-state index in [-0.39, 0.29) is 11.9 Å². The lowest BCUT2D eigenvalue weighted by Crippen LogP contribution is -3.13. The maximum atomic E-state index is 11.7. The van der Waals surface area contributed by atoms with Gasteiger partial charge in [-0.3, -0.25) is 4.79 Å². The van der Waals surface area contributed by atoms with Crippen LogP contribution in [0.3, 0.4) is 0 Å². The van der Waals surface area contributed by atoms with E-state index in [0.717, 1.165) is 25.9 Å². The molecular weight excluding hydrogens is 262 g/mol. The summed E-state index contributed by atoms with van der Waals surface area (Å²) < 4.78 is 5.13. The first kappa shape index (κ1) is 16.3. The molecule has 1 saturated heterocycles. The number of ether oxygens (including phenoxy) is 1. The summed E-state index contributed by atoms with van der Waals surface area (Å²) in [5.41, 5.74) is 2.94. The minimum Gasteiger partial charge on any atom is -0.466 e. The highest BCUT2D eigenvalue weighted by molar-refractivity contribution is 5.72. The van der Waals surface area contributed by atoms with Gasteiger partial charge in [0.15, 0.2) is 0 Å². The van der Waals surface area contributed by atoms with Crippen LogP contribution in [0, 0.1) is 11.8 Å². The Labute approximate surface area is 129 Å². The summed E-state index contributed by atoms with van der Waals surface area (Å²) in [6.07, 6.45) is 8.06. The number of hydrogen-bond donors (Lipinski definition) is 1. The number of esters is 1. The summed E-state index contributed by atoms with van der Waals surface area (Å²) in [6.45, 7) is 12.0. The lowest BCUT2D eigenvalue weighted by Gasteiger charge is -2.30. The normalized spacial score (nSPS) is 29.6. The third kappa shape index (κ3) is 4.70. The Kier molecular flexibility index (Phi) is 6.04. The lowest BCUT2D eigenvalue weighted by atomic mass is 9.85. The molecule has 3 heteroatoms. The Bertz CT molecular complexity index is 405. The van der Waals surface area contributed by atoms with E-state index in [4.69, 9.17) is 4.74 Å². The van der Waals surface area contributed by atoms with Crippen LogP contribution < -0.4 is 4.90 Å². The summed E-state index contributed by atoms with van der Waals surface area (Å²) in [7, 11) is 0. The molecule has 2 aliphatic rings. The molecule has 1 N–H and O–H groups in total. The number of rotatable bonds is 5. The second kappa shape index (κ2) is 7.79. The second-order valence-corrected chi connectivity index (χ2v) is 6.63. The molecule has 1 fully saturated rings. The van der Waals surface area contributed by atoms with Crippen molar-refractivity contribution in [3.8, 4) is 0 Å². The molecule has 0 bridgehead atoms. The third-order valence-corrected chi connectivity index (χ3v) is 4.99. The molecule has 0 saturated carbocycles. The molecule has 1 aliphatic heterocycles. The van der Waals surface area contributed by atoms with Gasteiger partial charge in [0.1, 0.15) is 0 Å². The van der Waals surface area contributed by atoms with Gasteiger partial charge in [-0.15, -0.1) is 0 Å². The Balaban J connectivity index is 1.74. The predicted molar refractivity (Wildman–Crippen MR) is 85.2 cm³/mol. The fourth-order valence-corrected chi connectivity index (χ4v) is 3.52. The van der Waals surface area contributed by atoms with Crippen molar-refractivity contribution < 1.29 is 14.4 Å². The molecule has 1 aliphatic carbocycles. The average molecular weight is 292 g/mol. The first-order chi connectivity index (χ1) is 10.1. The van der Waals surface area contributed by atoms with Gasteiger partial charge in [-0.05, 0) is 44.6 Å². The number of carbonyl (C=O) groups is 1. The number of quaternary nitrogens is 1. The molecule has 0 aromatic carbocycles. The van der Waals surface area contributed by atoms with Crippen LogP contribution in [-0.4, -0.2) is 32.2 Å². The molecular formula is C18H30NO2+. The van der Waals surface area contributed by atoms with Gasteiger partial charge >= 0.3 is 5.97 Å². The highest BCUT2D eigenvalue weighted by Crippen LogP contribution is 2.27.